The maximum absolute atomic E-state index is 12.6. The first-order valence-corrected chi connectivity index (χ1v) is 9.94. The molecule has 10 heteroatoms. The summed E-state index contributed by atoms with van der Waals surface area (Å²) in [6, 6.07) is 11.0. The first-order chi connectivity index (χ1) is 13.7. The van der Waals surface area contributed by atoms with E-state index in [0.29, 0.717) is 6.42 Å². The molecular weight excluding hydrogens is 407 g/mol. The second kappa shape index (κ2) is 8.08. The highest BCUT2D eigenvalue weighted by molar-refractivity contribution is 7.92. The second-order valence-electron chi connectivity index (χ2n) is 6.17. The quantitative estimate of drug-likeness (QED) is 0.652. The van der Waals surface area contributed by atoms with Gasteiger partial charge in [-0.2, -0.15) is 13.2 Å². The van der Waals surface area contributed by atoms with Crippen LogP contribution in [0.2, 0.25) is 0 Å². The van der Waals surface area contributed by atoms with Crippen molar-refractivity contribution in [2.24, 2.45) is 0 Å². The van der Waals surface area contributed by atoms with Crippen LogP contribution in [0.25, 0.3) is 10.8 Å². The number of amides is 2. The van der Waals surface area contributed by atoms with Crippen molar-refractivity contribution >= 4 is 32.3 Å². The molecular formula is C19H16F3N3O3S. The van der Waals surface area contributed by atoms with Gasteiger partial charge >= 0.3 is 11.5 Å². The number of alkyl halides is 3. The summed E-state index contributed by atoms with van der Waals surface area (Å²) in [4.78, 5) is 15.1. The number of carbonyl (C=O) groups excluding carboxylic acids is 1. The highest BCUT2D eigenvalue weighted by Crippen LogP contribution is 2.31. The molecule has 0 spiro atoms. The molecule has 2 N–H and O–H groups in total. The Morgan fingerprint density at radius 2 is 1.83 bits per heavy atom. The van der Waals surface area contributed by atoms with E-state index in [4.69, 9.17) is 0 Å². The van der Waals surface area contributed by atoms with E-state index in [-0.39, 0.29) is 12.2 Å². The Morgan fingerprint density at radius 1 is 1.03 bits per heavy atom. The number of fused-ring (bicyclic) bond motifs is 1. The van der Waals surface area contributed by atoms with Gasteiger partial charge in [0.15, 0.2) is 0 Å². The zero-order valence-corrected chi connectivity index (χ0v) is 15.7. The molecule has 6 nitrogen and oxygen atoms in total. The van der Waals surface area contributed by atoms with E-state index in [2.05, 4.69) is 15.6 Å². The summed E-state index contributed by atoms with van der Waals surface area (Å²) in [6.45, 7) is 0.276. The minimum atomic E-state index is -5.48. The van der Waals surface area contributed by atoms with Crippen LogP contribution in [0.1, 0.15) is 5.56 Å². The van der Waals surface area contributed by atoms with Crippen molar-refractivity contribution < 1.29 is 26.4 Å². The van der Waals surface area contributed by atoms with Crippen LogP contribution in [0.3, 0.4) is 0 Å². The van der Waals surface area contributed by atoms with Crippen LogP contribution in [0, 0.1) is 0 Å². The lowest BCUT2D eigenvalue weighted by Gasteiger charge is -2.11. The molecule has 3 aromatic rings. The molecule has 0 saturated heterocycles. The van der Waals surface area contributed by atoms with Crippen LogP contribution in [0.15, 0.2) is 65.8 Å². The summed E-state index contributed by atoms with van der Waals surface area (Å²) in [5.41, 5.74) is -4.50. The van der Waals surface area contributed by atoms with Gasteiger partial charge in [-0.1, -0.05) is 18.2 Å². The molecule has 0 atom stereocenters. The van der Waals surface area contributed by atoms with Crippen LogP contribution < -0.4 is 10.6 Å². The predicted octanol–water partition coefficient (Wildman–Crippen LogP) is 3.89. The molecule has 2 amide bonds. The number of urea groups is 1. The lowest BCUT2D eigenvalue weighted by Crippen LogP contribution is -2.30. The number of aromatic nitrogens is 1. The Balaban J connectivity index is 1.59. The predicted molar refractivity (Wildman–Crippen MR) is 102 cm³/mol. The van der Waals surface area contributed by atoms with E-state index < -0.39 is 26.3 Å². The Morgan fingerprint density at radius 3 is 2.59 bits per heavy atom. The molecule has 0 bridgehead atoms. The fourth-order valence-corrected chi connectivity index (χ4v) is 3.47. The lowest BCUT2D eigenvalue weighted by molar-refractivity contribution is -0.0435. The Labute approximate surface area is 164 Å². The Kier molecular flexibility index (Phi) is 5.73. The number of hydrogen-bond acceptors (Lipinski definition) is 4. The Hall–Kier alpha value is -3.14. The summed E-state index contributed by atoms with van der Waals surface area (Å²) in [5.74, 6) is 0. The zero-order chi connectivity index (χ0) is 21.1. The van der Waals surface area contributed by atoms with E-state index in [1.807, 2.05) is 24.3 Å². The van der Waals surface area contributed by atoms with E-state index in [9.17, 15) is 26.4 Å². The molecule has 0 radical (unpaired) electrons. The lowest BCUT2D eigenvalue weighted by atomic mass is 10.1. The van der Waals surface area contributed by atoms with Crippen LogP contribution in [0.4, 0.5) is 23.7 Å². The molecule has 1 heterocycles. The van der Waals surface area contributed by atoms with Gasteiger partial charge in [0.2, 0.25) is 0 Å². The minimum Gasteiger partial charge on any atom is -0.338 e. The molecule has 0 fully saturated rings. The Bertz CT molecular complexity index is 1150. The summed E-state index contributed by atoms with van der Waals surface area (Å²) in [6.07, 6.45) is 3.96. The smallest absolute Gasteiger partial charge is 0.338 e. The number of carbonyl (C=O) groups is 1. The number of halogens is 3. The average molecular weight is 423 g/mol. The van der Waals surface area contributed by atoms with Gasteiger partial charge in [-0.05, 0) is 47.7 Å². The number of nitrogens with one attached hydrogen (secondary N) is 2. The first kappa shape index (κ1) is 20.6. The number of nitrogens with zero attached hydrogens (tertiary/aromatic N) is 1. The number of benzene rings is 2. The molecule has 0 unspecified atom stereocenters. The van der Waals surface area contributed by atoms with E-state index in [0.717, 1.165) is 34.5 Å². The molecule has 1 aromatic heterocycles. The van der Waals surface area contributed by atoms with Gasteiger partial charge in [0.1, 0.15) is 0 Å². The van der Waals surface area contributed by atoms with Gasteiger partial charge < -0.3 is 10.6 Å². The summed E-state index contributed by atoms with van der Waals surface area (Å²) in [7, 11) is -5.48. The third-order valence-corrected chi connectivity index (χ3v) is 5.60. The van der Waals surface area contributed by atoms with Crippen molar-refractivity contribution in [1.82, 2.24) is 10.3 Å². The normalized spacial score (nSPS) is 12.0. The minimum absolute atomic E-state index is 0.0652. The maximum atomic E-state index is 12.6. The third-order valence-electron chi connectivity index (χ3n) is 4.11. The van der Waals surface area contributed by atoms with Crippen molar-refractivity contribution in [1.29, 1.82) is 0 Å². The number of hydrogen-bond donors (Lipinski definition) is 2. The maximum Gasteiger partial charge on any atom is 0.501 e. The molecule has 152 valence electrons. The second-order valence-corrected chi connectivity index (χ2v) is 8.11. The standard InChI is InChI=1S/C19H16F3N3O3S/c20-19(21,22)29(27,28)17-3-1-2-16(11-17)25-18(26)24-9-6-13-4-5-14-7-8-23-12-15(14)10-13/h1-5,7-8,10-12H,6,9H2,(H2,24,25,26). The van der Waals surface area contributed by atoms with E-state index in [1.165, 1.54) is 6.07 Å². The van der Waals surface area contributed by atoms with Crippen molar-refractivity contribution in [2.75, 3.05) is 11.9 Å². The molecule has 29 heavy (non-hydrogen) atoms. The van der Waals surface area contributed by atoms with Crippen molar-refractivity contribution in [3.05, 3.63) is 66.5 Å². The number of rotatable bonds is 5. The highest BCUT2D eigenvalue weighted by atomic mass is 32.2. The zero-order valence-electron chi connectivity index (χ0n) is 14.9. The molecule has 3 rings (SSSR count). The van der Waals surface area contributed by atoms with Crippen molar-refractivity contribution in [2.45, 2.75) is 16.8 Å². The highest BCUT2D eigenvalue weighted by Gasteiger charge is 2.46. The van der Waals surface area contributed by atoms with Gasteiger partial charge in [0.05, 0.1) is 4.90 Å². The van der Waals surface area contributed by atoms with Crippen LogP contribution in [-0.4, -0.2) is 31.5 Å². The monoisotopic (exact) mass is 423 g/mol. The van der Waals surface area contributed by atoms with Gasteiger partial charge in [0, 0.05) is 30.0 Å². The summed E-state index contributed by atoms with van der Waals surface area (Å²) in [5, 5.41) is 6.92. The van der Waals surface area contributed by atoms with Gasteiger partial charge in [-0.3, -0.25) is 4.98 Å². The topological polar surface area (TPSA) is 88.2 Å². The van der Waals surface area contributed by atoms with Gasteiger partial charge in [-0.25, -0.2) is 13.2 Å². The fourth-order valence-electron chi connectivity index (χ4n) is 2.66. The van der Waals surface area contributed by atoms with E-state index >= 15 is 0 Å². The summed E-state index contributed by atoms with van der Waals surface area (Å²) < 4.78 is 60.9. The summed E-state index contributed by atoms with van der Waals surface area (Å²) >= 11 is 0. The molecule has 0 aliphatic rings. The number of sulfone groups is 1. The largest absolute Gasteiger partial charge is 0.501 e. The van der Waals surface area contributed by atoms with Crippen molar-refractivity contribution in [3.8, 4) is 0 Å². The average Bonchev–Trinajstić information content (AvgIpc) is 2.67. The van der Waals surface area contributed by atoms with Crippen LogP contribution >= 0.6 is 0 Å². The van der Waals surface area contributed by atoms with E-state index in [1.54, 1.807) is 12.4 Å². The van der Waals surface area contributed by atoms with Gasteiger partial charge in [-0.15, -0.1) is 0 Å². The molecule has 0 aliphatic heterocycles. The van der Waals surface area contributed by atoms with Crippen LogP contribution in [-0.2, 0) is 16.3 Å². The third kappa shape index (κ3) is 4.83. The SMILES string of the molecule is O=C(NCCc1ccc2ccncc2c1)Nc1cccc(S(=O)(=O)C(F)(F)F)c1. The molecule has 0 saturated carbocycles. The first-order valence-electron chi connectivity index (χ1n) is 8.46. The van der Waals surface area contributed by atoms with Gasteiger partial charge in [0.25, 0.3) is 9.84 Å². The van der Waals surface area contributed by atoms with Crippen molar-refractivity contribution in [3.63, 3.8) is 0 Å². The molecule has 2 aromatic carbocycles. The molecule has 0 aliphatic carbocycles. The number of pyridine rings is 1. The van der Waals surface area contributed by atoms with Crippen LogP contribution in [0.5, 0.6) is 0 Å². The fraction of sp³-hybridized carbons (Fsp3) is 0.158. The number of anilines is 1.